The molecule has 0 atom stereocenters. The number of amides is 1. The average molecular weight is 315 g/mol. The number of benzene rings is 1. The molecule has 0 radical (unpaired) electrons. The Morgan fingerprint density at radius 3 is 2.19 bits per heavy atom. The van der Waals surface area contributed by atoms with E-state index in [1.165, 1.54) is 5.32 Å². The number of anilines is 1. The first kappa shape index (κ1) is 17.3. The number of halogens is 6. The van der Waals surface area contributed by atoms with Crippen LogP contribution in [0.15, 0.2) is 18.2 Å². The van der Waals surface area contributed by atoms with Crippen LogP contribution < -0.4 is 5.32 Å². The Bertz CT molecular complexity index is 509. The van der Waals surface area contributed by atoms with Crippen LogP contribution in [0.5, 0.6) is 0 Å². The number of nitrogens with one attached hydrogen (secondary N) is 1. The molecule has 0 saturated heterocycles. The van der Waals surface area contributed by atoms with Gasteiger partial charge in [-0.2, -0.15) is 26.3 Å². The van der Waals surface area contributed by atoms with E-state index in [-0.39, 0.29) is 25.0 Å². The zero-order valence-corrected chi connectivity index (χ0v) is 10.5. The topological polar surface area (TPSA) is 49.3 Å². The predicted octanol–water partition coefficient (Wildman–Crippen LogP) is 3.13. The molecule has 0 heterocycles. The van der Waals surface area contributed by atoms with Gasteiger partial charge in [0.25, 0.3) is 0 Å². The molecule has 21 heavy (non-hydrogen) atoms. The maximum atomic E-state index is 12.7. The molecular weight excluding hydrogens is 304 g/mol. The first-order valence-corrected chi connectivity index (χ1v) is 5.74. The number of aryl methyl sites for hydroxylation is 1. The van der Waals surface area contributed by atoms with Gasteiger partial charge in [-0.15, -0.1) is 0 Å². The molecule has 0 fully saturated rings. The summed E-state index contributed by atoms with van der Waals surface area (Å²) in [6.45, 7) is -0.277. The van der Waals surface area contributed by atoms with E-state index in [9.17, 15) is 31.1 Å². The second kappa shape index (κ2) is 6.33. The second-order valence-electron chi connectivity index (χ2n) is 4.20. The Balaban J connectivity index is 3.10. The van der Waals surface area contributed by atoms with Gasteiger partial charge in [0.05, 0.1) is 5.56 Å². The highest BCUT2D eigenvalue weighted by molar-refractivity contribution is 5.95. The van der Waals surface area contributed by atoms with Gasteiger partial charge >= 0.3 is 18.3 Å². The maximum absolute atomic E-state index is 12.7. The minimum Gasteiger partial charge on any atom is -0.396 e. The fourth-order valence-corrected chi connectivity index (χ4v) is 1.56. The first-order chi connectivity index (χ1) is 9.54. The average Bonchev–Trinajstić information content (AvgIpc) is 2.34. The predicted molar refractivity (Wildman–Crippen MR) is 61.5 cm³/mol. The van der Waals surface area contributed by atoms with Crippen LogP contribution in [0, 0.1) is 0 Å². The smallest absolute Gasteiger partial charge is 0.396 e. The van der Waals surface area contributed by atoms with Crippen molar-refractivity contribution in [3.63, 3.8) is 0 Å². The Hall–Kier alpha value is -1.77. The third-order valence-corrected chi connectivity index (χ3v) is 2.46. The molecule has 1 amide bonds. The van der Waals surface area contributed by atoms with Crippen LogP contribution in [0.3, 0.4) is 0 Å². The summed E-state index contributed by atoms with van der Waals surface area (Å²) in [5, 5.41) is 10.0. The number of hydrogen-bond donors (Lipinski definition) is 2. The lowest BCUT2D eigenvalue weighted by Crippen LogP contribution is -2.30. The van der Waals surface area contributed by atoms with Crippen LogP contribution in [0.4, 0.5) is 32.0 Å². The maximum Gasteiger partial charge on any atom is 0.471 e. The fraction of sp³-hybridized carbons (Fsp3) is 0.417. The SMILES string of the molecule is O=C(Nc1cc(CCCO)cc(C(F)(F)F)c1)C(F)(F)F. The van der Waals surface area contributed by atoms with Crippen LogP contribution in [0.25, 0.3) is 0 Å². The molecule has 0 aliphatic rings. The third-order valence-electron chi connectivity index (χ3n) is 2.46. The minimum atomic E-state index is -5.19. The van der Waals surface area contributed by atoms with E-state index in [1.54, 1.807) is 0 Å². The quantitative estimate of drug-likeness (QED) is 0.839. The molecule has 9 heteroatoms. The van der Waals surface area contributed by atoms with Gasteiger partial charge < -0.3 is 10.4 Å². The highest BCUT2D eigenvalue weighted by atomic mass is 19.4. The van der Waals surface area contributed by atoms with Gasteiger partial charge in [0.1, 0.15) is 0 Å². The number of carbonyl (C=O) groups excluding carboxylic acids is 1. The number of aliphatic hydroxyl groups is 1. The zero-order valence-electron chi connectivity index (χ0n) is 10.5. The van der Waals surface area contributed by atoms with Gasteiger partial charge in [-0.1, -0.05) is 0 Å². The normalized spacial score (nSPS) is 12.3. The summed E-state index contributed by atoms with van der Waals surface area (Å²) >= 11 is 0. The van der Waals surface area contributed by atoms with E-state index in [0.717, 1.165) is 12.1 Å². The van der Waals surface area contributed by atoms with Crippen LogP contribution >= 0.6 is 0 Å². The van der Waals surface area contributed by atoms with E-state index in [1.807, 2.05) is 0 Å². The first-order valence-electron chi connectivity index (χ1n) is 5.74. The summed E-state index contributed by atoms with van der Waals surface area (Å²) in [6, 6.07) is 2.19. The Morgan fingerprint density at radius 1 is 1.10 bits per heavy atom. The van der Waals surface area contributed by atoms with Crippen molar-refractivity contribution in [2.24, 2.45) is 0 Å². The molecular formula is C12H11F6NO2. The Kier molecular flexibility index (Phi) is 5.21. The van der Waals surface area contributed by atoms with E-state index in [2.05, 4.69) is 0 Å². The van der Waals surface area contributed by atoms with E-state index in [0.29, 0.717) is 6.07 Å². The molecule has 1 rings (SSSR count). The Morgan fingerprint density at radius 2 is 1.71 bits per heavy atom. The van der Waals surface area contributed by atoms with Crippen molar-refractivity contribution in [1.29, 1.82) is 0 Å². The summed E-state index contributed by atoms with van der Waals surface area (Å²) in [6.07, 6.45) is -9.77. The molecule has 1 aromatic carbocycles. The highest BCUT2D eigenvalue weighted by Crippen LogP contribution is 2.32. The second-order valence-corrected chi connectivity index (χ2v) is 4.20. The molecule has 0 saturated carbocycles. The molecule has 0 unspecified atom stereocenters. The summed E-state index contributed by atoms with van der Waals surface area (Å²) in [5.74, 6) is -2.35. The summed E-state index contributed by atoms with van der Waals surface area (Å²) in [4.78, 5) is 10.8. The van der Waals surface area contributed by atoms with Crippen molar-refractivity contribution >= 4 is 11.6 Å². The van der Waals surface area contributed by atoms with Gasteiger partial charge in [0.2, 0.25) is 0 Å². The fourth-order valence-electron chi connectivity index (χ4n) is 1.56. The van der Waals surface area contributed by atoms with Crippen LogP contribution in [-0.2, 0) is 17.4 Å². The van der Waals surface area contributed by atoms with Crippen LogP contribution in [0.1, 0.15) is 17.5 Å². The molecule has 0 aromatic heterocycles. The van der Waals surface area contributed by atoms with E-state index >= 15 is 0 Å². The molecule has 0 bridgehead atoms. The number of rotatable bonds is 4. The molecule has 2 N–H and O–H groups in total. The van der Waals surface area contributed by atoms with Crippen molar-refractivity contribution in [3.05, 3.63) is 29.3 Å². The number of alkyl halides is 6. The number of carbonyl (C=O) groups is 1. The van der Waals surface area contributed by atoms with Crippen LogP contribution in [-0.4, -0.2) is 23.8 Å². The highest BCUT2D eigenvalue weighted by Gasteiger charge is 2.39. The summed E-state index contributed by atoms with van der Waals surface area (Å²) < 4.78 is 74.3. The minimum absolute atomic E-state index is 0.0370. The lowest BCUT2D eigenvalue weighted by atomic mass is 10.0. The lowest BCUT2D eigenvalue weighted by molar-refractivity contribution is -0.167. The van der Waals surface area contributed by atoms with Crippen molar-refractivity contribution in [3.8, 4) is 0 Å². The monoisotopic (exact) mass is 315 g/mol. The van der Waals surface area contributed by atoms with Crippen molar-refractivity contribution < 1.29 is 36.2 Å². The standard InChI is InChI=1S/C12H11F6NO2/c13-11(14,15)8-4-7(2-1-3-20)5-9(6-8)19-10(21)12(16,17)18/h4-6,20H,1-3H2,(H,19,21). The largest absolute Gasteiger partial charge is 0.471 e. The summed E-state index contributed by atoms with van der Waals surface area (Å²) in [5.41, 5.74) is -1.70. The van der Waals surface area contributed by atoms with Crippen molar-refractivity contribution in [2.75, 3.05) is 11.9 Å². The number of hydrogen-bond acceptors (Lipinski definition) is 2. The molecule has 0 aliphatic carbocycles. The van der Waals surface area contributed by atoms with Crippen LogP contribution in [0.2, 0.25) is 0 Å². The number of aliphatic hydroxyl groups excluding tert-OH is 1. The molecule has 0 aliphatic heterocycles. The Labute approximate surface area is 115 Å². The van der Waals surface area contributed by atoms with Gasteiger partial charge in [0, 0.05) is 12.3 Å². The lowest BCUT2D eigenvalue weighted by Gasteiger charge is -2.13. The molecule has 118 valence electrons. The van der Waals surface area contributed by atoms with Gasteiger partial charge in [-0.05, 0) is 36.6 Å². The third kappa shape index (κ3) is 5.25. The van der Waals surface area contributed by atoms with E-state index in [4.69, 9.17) is 5.11 Å². The van der Waals surface area contributed by atoms with Gasteiger partial charge in [-0.3, -0.25) is 4.79 Å². The van der Waals surface area contributed by atoms with E-state index < -0.39 is 29.5 Å². The summed E-state index contributed by atoms with van der Waals surface area (Å²) in [7, 11) is 0. The molecule has 0 spiro atoms. The van der Waals surface area contributed by atoms with Crippen molar-refractivity contribution in [2.45, 2.75) is 25.2 Å². The molecule has 3 nitrogen and oxygen atoms in total. The van der Waals surface area contributed by atoms with Gasteiger partial charge in [0.15, 0.2) is 0 Å². The van der Waals surface area contributed by atoms with Gasteiger partial charge in [-0.25, -0.2) is 0 Å². The molecule has 1 aromatic rings. The van der Waals surface area contributed by atoms with Crippen molar-refractivity contribution in [1.82, 2.24) is 0 Å². The zero-order chi connectivity index (χ0) is 16.3.